The summed E-state index contributed by atoms with van der Waals surface area (Å²) in [6, 6.07) is 13.0. The largest absolute Gasteiger partial charge is 0.490 e. The maximum absolute atomic E-state index is 11.1. The monoisotopic (exact) mass is 349 g/mol. The molecule has 24 heavy (non-hydrogen) atoms. The van der Waals surface area contributed by atoms with Crippen molar-refractivity contribution in [2.75, 3.05) is 19.8 Å². The standard InChI is InChI=1S/C18H20ClNO4/c1-3-22-18(21)20-9-10-23-17-8-7-15(12-16(17)19)24-14-6-4-5-13(2)11-14/h4-8,11-12H,3,9-10H2,1-2H3,(H,20,21). The van der Waals surface area contributed by atoms with E-state index in [0.29, 0.717) is 29.7 Å². The Morgan fingerprint density at radius 1 is 1.17 bits per heavy atom. The summed E-state index contributed by atoms with van der Waals surface area (Å²) < 4.78 is 16.0. The minimum Gasteiger partial charge on any atom is -0.490 e. The van der Waals surface area contributed by atoms with Gasteiger partial charge in [0, 0.05) is 6.07 Å². The van der Waals surface area contributed by atoms with Gasteiger partial charge in [-0.25, -0.2) is 4.79 Å². The van der Waals surface area contributed by atoms with Crippen molar-refractivity contribution < 1.29 is 19.0 Å². The van der Waals surface area contributed by atoms with Crippen LogP contribution in [-0.2, 0) is 4.74 Å². The molecular weight excluding hydrogens is 330 g/mol. The molecule has 0 heterocycles. The van der Waals surface area contributed by atoms with Crippen molar-refractivity contribution in [1.29, 1.82) is 0 Å². The van der Waals surface area contributed by atoms with E-state index in [1.165, 1.54) is 0 Å². The van der Waals surface area contributed by atoms with E-state index >= 15 is 0 Å². The molecule has 2 aromatic rings. The fourth-order valence-corrected chi connectivity index (χ4v) is 2.20. The summed E-state index contributed by atoms with van der Waals surface area (Å²) in [5.74, 6) is 1.90. The molecule has 0 atom stereocenters. The average molecular weight is 350 g/mol. The van der Waals surface area contributed by atoms with Gasteiger partial charge in [0.1, 0.15) is 23.9 Å². The smallest absolute Gasteiger partial charge is 0.407 e. The molecule has 2 rings (SSSR count). The molecular formula is C18H20ClNO4. The van der Waals surface area contributed by atoms with Gasteiger partial charge in [0.2, 0.25) is 0 Å². The summed E-state index contributed by atoms with van der Waals surface area (Å²) >= 11 is 6.20. The van der Waals surface area contributed by atoms with Crippen LogP contribution in [0.25, 0.3) is 0 Å². The second-order valence-electron chi connectivity index (χ2n) is 5.01. The molecule has 0 fully saturated rings. The van der Waals surface area contributed by atoms with Crippen LogP contribution in [0, 0.1) is 6.92 Å². The first-order chi connectivity index (χ1) is 11.6. The highest BCUT2D eigenvalue weighted by Gasteiger charge is 2.06. The molecule has 128 valence electrons. The lowest BCUT2D eigenvalue weighted by Crippen LogP contribution is -2.28. The van der Waals surface area contributed by atoms with Crippen LogP contribution in [0.1, 0.15) is 12.5 Å². The Balaban J connectivity index is 1.86. The van der Waals surface area contributed by atoms with Crippen LogP contribution in [0.2, 0.25) is 5.02 Å². The Bertz CT molecular complexity index is 690. The van der Waals surface area contributed by atoms with Gasteiger partial charge in [0.15, 0.2) is 0 Å². The number of nitrogens with one attached hydrogen (secondary N) is 1. The number of carbonyl (C=O) groups excluding carboxylic acids is 1. The first-order valence-corrected chi connectivity index (χ1v) is 8.03. The number of rotatable bonds is 7. The highest BCUT2D eigenvalue weighted by Crippen LogP contribution is 2.31. The van der Waals surface area contributed by atoms with E-state index in [4.69, 9.17) is 25.8 Å². The van der Waals surface area contributed by atoms with Crippen LogP contribution >= 0.6 is 11.6 Å². The number of hydrogen-bond acceptors (Lipinski definition) is 4. The van der Waals surface area contributed by atoms with Crippen molar-refractivity contribution in [2.24, 2.45) is 0 Å². The molecule has 0 saturated carbocycles. The third-order valence-corrected chi connectivity index (χ3v) is 3.33. The van der Waals surface area contributed by atoms with Crippen LogP contribution < -0.4 is 14.8 Å². The molecule has 0 aromatic heterocycles. The zero-order valence-corrected chi connectivity index (χ0v) is 14.4. The predicted octanol–water partition coefficient (Wildman–Crippen LogP) is 4.57. The van der Waals surface area contributed by atoms with Gasteiger partial charge in [-0.3, -0.25) is 0 Å². The van der Waals surface area contributed by atoms with Crippen molar-refractivity contribution in [2.45, 2.75) is 13.8 Å². The van der Waals surface area contributed by atoms with E-state index in [1.807, 2.05) is 31.2 Å². The minimum absolute atomic E-state index is 0.288. The molecule has 0 saturated heterocycles. The van der Waals surface area contributed by atoms with Gasteiger partial charge in [-0.05, 0) is 43.7 Å². The first kappa shape index (κ1) is 17.9. The van der Waals surface area contributed by atoms with Gasteiger partial charge >= 0.3 is 6.09 Å². The number of halogens is 1. The maximum atomic E-state index is 11.1. The van der Waals surface area contributed by atoms with Crippen molar-refractivity contribution in [1.82, 2.24) is 5.32 Å². The highest BCUT2D eigenvalue weighted by atomic mass is 35.5. The zero-order valence-electron chi connectivity index (χ0n) is 13.7. The van der Waals surface area contributed by atoms with E-state index in [9.17, 15) is 4.79 Å². The van der Waals surface area contributed by atoms with Crippen LogP contribution in [0.5, 0.6) is 17.2 Å². The maximum Gasteiger partial charge on any atom is 0.407 e. The van der Waals surface area contributed by atoms with E-state index in [0.717, 1.165) is 11.3 Å². The molecule has 5 nitrogen and oxygen atoms in total. The highest BCUT2D eigenvalue weighted by molar-refractivity contribution is 6.32. The van der Waals surface area contributed by atoms with Crippen molar-refractivity contribution in [3.8, 4) is 17.2 Å². The third-order valence-electron chi connectivity index (χ3n) is 3.03. The predicted molar refractivity (Wildman–Crippen MR) is 93.2 cm³/mol. The topological polar surface area (TPSA) is 56.8 Å². The summed E-state index contributed by atoms with van der Waals surface area (Å²) in [5, 5.41) is 3.01. The average Bonchev–Trinajstić information content (AvgIpc) is 2.53. The molecule has 0 aliphatic rings. The fourth-order valence-electron chi connectivity index (χ4n) is 1.97. The molecule has 1 amide bonds. The Morgan fingerprint density at radius 3 is 2.67 bits per heavy atom. The van der Waals surface area contributed by atoms with Crippen molar-refractivity contribution in [3.05, 3.63) is 53.1 Å². The van der Waals surface area contributed by atoms with Crippen molar-refractivity contribution in [3.63, 3.8) is 0 Å². The molecule has 0 aliphatic carbocycles. The zero-order chi connectivity index (χ0) is 17.4. The second kappa shape index (κ2) is 9.03. The Kier molecular flexibility index (Phi) is 6.75. The van der Waals surface area contributed by atoms with Crippen molar-refractivity contribution >= 4 is 17.7 Å². The van der Waals surface area contributed by atoms with E-state index in [1.54, 1.807) is 25.1 Å². The summed E-state index contributed by atoms with van der Waals surface area (Å²) in [4.78, 5) is 11.1. The Morgan fingerprint density at radius 2 is 1.96 bits per heavy atom. The van der Waals surface area contributed by atoms with Gasteiger partial charge in [-0.2, -0.15) is 0 Å². The SMILES string of the molecule is CCOC(=O)NCCOc1ccc(Oc2cccc(C)c2)cc1Cl. The van der Waals surface area contributed by atoms with E-state index in [2.05, 4.69) is 5.32 Å². The van der Waals surface area contributed by atoms with Crippen LogP contribution in [0.3, 0.4) is 0 Å². The van der Waals surface area contributed by atoms with Gasteiger partial charge < -0.3 is 19.5 Å². The molecule has 1 N–H and O–H groups in total. The summed E-state index contributed by atoms with van der Waals surface area (Å²) in [5.41, 5.74) is 1.12. The summed E-state index contributed by atoms with van der Waals surface area (Å²) in [6.45, 7) is 4.70. The fraction of sp³-hybridized carbons (Fsp3) is 0.278. The number of hydrogen-bond donors (Lipinski definition) is 1. The van der Waals surface area contributed by atoms with Crippen LogP contribution in [0.4, 0.5) is 4.79 Å². The molecule has 0 radical (unpaired) electrons. The van der Waals surface area contributed by atoms with E-state index < -0.39 is 6.09 Å². The minimum atomic E-state index is -0.464. The Hall–Kier alpha value is -2.40. The number of amides is 1. The van der Waals surface area contributed by atoms with Gasteiger partial charge in [0.05, 0.1) is 18.2 Å². The molecule has 6 heteroatoms. The van der Waals surface area contributed by atoms with Gasteiger partial charge in [-0.1, -0.05) is 23.7 Å². The number of carbonyl (C=O) groups is 1. The molecule has 0 aliphatic heterocycles. The van der Waals surface area contributed by atoms with Crippen LogP contribution in [-0.4, -0.2) is 25.9 Å². The number of ether oxygens (including phenoxy) is 3. The first-order valence-electron chi connectivity index (χ1n) is 7.66. The lowest BCUT2D eigenvalue weighted by atomic mass is 10.2. The van der Waals surface area contributed by atoms with Gasteiger partial charge in [0.25, 0.3) is 0 Å². The third kappa shape index (κ3) is 5.66. The molecule has 0 unspecified atom stereocenters. The van der Waals surface area contributed by atoms with Crippen LogP contribution in [0.15, 0.2) is 42.5 Å². The normalized spacial score (nSPS) is 10.1. The Labute approximate surface area is 146 Å². The quantitative estimate of drug-likeness (QED) is 0.744. The summed E-state index contributed by atoms with van der Waals surface area (Å²) in [6.07, 6.45) is -0.464. The number of alkyl carbamates (subject to hydrolysis) is 1. The molecule has 0 spiro atoms. The molecule has 0 bridgehead atoms. The molecule has 2 aromatic carbocycles. The van der Waals surface area contributed by atoms with Gasteiger partial charge in [-0.15, -0.1) is 0 Å². The van der Waals surface area contributed by atoms with E-state index in [-0.39, 0.29) is 6.61 Å². The summed E-state index contributed by atoms with van der Waals surface area (Å²) in [7, 11) is 0. The second-order valence-corrected chi connectivity index (χ2v) is 5.41. The number of aryl methyl sites for hydroxylation is 1. The lowest BCUT2D eigenvalue weighted by molar-refractivity contribution is 0.150. The number of benzene rings is 2. The lowest BCUT2D eigenvalue weighted by Gasteiger charge is -2.11.